The van der Waals surface area contributed by atoms with Gasteiger partial charge in [-0.3, -0.25) is 4.79 Å². The highest BCUT2D eigenvalue weighted by Crippen LogP contribution is 2.48. The fourth-order valence-corrected chi connectivity index (χ4v) is 4.38. The number of carbonyl (C=O) groups excluding carboxylic acids is 1. The van der Waals surface area contributed by atoms with E-state index in [2.05, 4.69) is 26.0 Å². The highest BCUT2D eigenvalue weighted by Gasteiger charge is 2.38. The summed E-state index contributed by atoms with van der Waals surface area (Å²) in [7, 11) is 2.79. The number of hydrogen-bond donors (Lipinski definition) is 2. The summed E-state index contributed by atoms with van der Waals surface area (Å²) >= 11 is 0. The minimum atomic E-state index is -0.433. The first-order valence-corrected chi connectivity index (χ1v) is 10.4. The van der Waals surface area contributed by atoms with Crippen LogP contribution in [0, 0.1) is 11.8 Å². The van der Waals surface area contributed by atoms with Crippen LogP contribution in [0.15, 0.2) is 60.2 Å². The van der Waals surface area contributed by atoms with Crippen LogP contribution in [0.25, 0.3) is 0 Å². The Balaban J connectivity index is 2.08. The Kier molecular flexibility index (Phi) is 7.06. The third kappa shape index (κ3) is 4.61. The van der Waals surface area contributed by atoms with E-state index in [-0.39, 0.29) is 40.4 Å². The summed E-state index contributed by atoms with van der Waals surface area (Å²) in [4.78, 5) is 13.7. The molecule has 0 bridgehead atoms. The smallest absolute Gasteiger partial charge is 0.204 e. The number of phenols is 2. The Bertz CT molecular complexity index is 987. The molecule has 0 aliphatic heterocycles. The van der Waals surface area contributed by atoms with Crippen LogP contribution >= 0.6 is 0 Å². The van der Waals surface area contributed by atoms with Gasteiger partial charge in [0.15, 0.2) is 17.3 Å². The largest absolute Gasteiger partial charge is 0.507 e. The van der Waals surface area contributed by atoms with Crippen LogP contribution in [-0.4, -0.2) is 30.2 Å². The van der Waals surface area contributed by atoms with Gasteiger partial charge in [0.2, 0.25) is 5.75 Å². The molecule has 0 saturated carbocycles. The lowest BCUT2D eigenvalue weighted by molar-refractivity contribution is 0.0874. The minimum Gasteiger partial charge on any atom is -0.507 e. The van der Waals surface area contributed by atoms with Gasteiger partial charge in [-0.25, -0.2) is 0 Å². The maximum absolute atomic E-state index is 13.7. The van der Waals surface area contributed by atoms with Crippen molar-refractivity contribution in [3.05, 3.63) is 71.3 Å². The lowest BCUT2D eigenvalue weighted by Crippen LogP contribution is -2.30. The van der Waals surface area contributed by atoms with Gasteiger partial charge in [-0.1, -0.05) is 54.1 Å². The van der Waals surface area contributed by atoms with Crippen molar-refractivity contribution in [1.82, 2.24) is 0 Å². The average molecular weight is 423 g/mol. The SMILES string of the molecule is COc1cc(O)c(C(=O)[C@@H]2CC=C[C@@H](CC=C(C)C)[C@@H]2c2ccccc2)c(O)c1OC. The van der Waals surface area contributed by atoms with Crippen LogP contribution in [0.1, 0.15) is 48.5 Å². The molecule has 3 atom stereocenters. The molecule has 164 valence electrons. The molecule has 0 radical (unpaired) electrons. The highest BCUT2D eigenvalue weighted by molar-refractivity contribution is 6.04. The van der Waals surface area contributed by atoms with Gasteiger partial charge in [-0.15, -0.1) is 0 Å². The van der Waals surface area contributed by atoms with Crippen molar-refractivity contribution in [1.29, 1.82) is 0 Å². The number of ketones is 1. The van der Waals surface area contributed by atoms with Crippen LogP contribution in [0.4, 0.5) is 0 Å². The second kappa shape index (κ2) is 9.73. The van der Waals surface area contributed by atoms with Gasteiger partial charge < -0.3 is 19.7 Å². The van der Waals surface area contributed by atoms with E-state index in [1.165, 1.54) is 25.9 Å². The van der Waals surface area contributed by atoms with Crippen molar-refractivity contribution < 1.29 is 24.5 Å². The topological polar surface area (TPSA) is 76.0 Å². The molecule has 2 aromatic carbocycles. The Morgan fingerprint density at radius 2 is 1.84 bits per heavy atom. The number of phenolic OH excluding ortho intramolecular Hbond substituents is 2. The number of hydrogen-bond acceptors (Lipinski definition) is 5. The molecule has 0 heterocycles. The lowest BCUT2D eigenvalue weighted by atomic mass is 9.68. The van der Waals surface area contributed by atoms with E-state index >= 15 is 0 Å². The normalized spacial score (nSPS) is 20.2. The van der Waals surface area contributed by atoms with Gasteiger partial charge in [0, 0.05) is 17.9 Å². The van der Waals surface area contributed by atoms with Crippen LogP contribution in [-0.2, 0) is 0 Å². The quantitative estimate of drug-likeness (QED) is 0.447. The fraction of sp³-hybridized carbons (Fsp3) is 0.346. The predicted octanol–water partition coefficient (Wildman–Crippen LogP) is 5.63. The summed E-state index contributed by atoms with van der Waals surface area (Å²) in [6.45, 7) is 4.12. The van der Waals surface area contributed by atoms with Gasteiger partial charge in [-0.05, 0) is 38.2 Å². The fourth-order valence-electron chi connectivity index (χ4n) is 4.38. The van der Waals surface area contributed by atoms with Crippen LogP contribution in [0.3, 0.4) is 0 Å². The summed E-state index contributed by atoms with van der Waals surface area (Å²) in [5.41, 5.74) is 2.17. The summed E-state index contributed by atoms with van der Waals surface area (Å²) < 4.78 is 10.4. The van der Waals surface area contributed by atoms with Gasteiger partial charge in [0.1, 0.15) is 11.3 Å². The molecule has 31 heavy (non-hydrogen) atoms. The molecular formula is C26H30O5. The monoisotopic (exact) mass is 422 g/mol. The standard InChI is InChI=1S/C26H30O5/c1-16(2)13-14-18-11-8-12-19(22(18)17-9-6-5-7-10-17)24(28)23-20(27)15-21(30-3)26(31-4)25(23)29/h5-11,13,15,18-19,22,27,29H,12,14H2,1-4H3/t18-,19+,22-/m0/s1. The van der Waals surface area contributed by atoms with E-state index in [9.17, 15) is 15.0 Å². The number of aromatic hydroxyl groups is 2. The minimum absolute atomic E-state index is 0.0346. The molecular weight excluding hydrogens is 392 g/mol. The maximum Gasteiger partial charge on any atom is 0.204 e. The van der Waals surface area contributed by atoms with E-state index in [4.69, 9.17) is 9.47 Å². The summed E-state index contributed by atoms with van der Waals surface area (Å²) in [5, 5.41) is 21.3. The molecule has 3 rings (SSSR count). The Morgan fingerprint density at radius 3 is 2.45 bits per heavy atom. The van der Waals surface area contributed by atoms with E-state index in [1.54, 1.807) is 0 Å². The summed E-state index contributed by atoms with van der Waals surface area (Å²) in [5.74, 6) is -1.21. The summed E-state index contributed by atoms with van der Waals surface area (Å²) in [6.07, 6.45) is 7.72. The van der Waals surface area contributed by atoms with E-state index in [0.29, 0.717) is 6.42 Å². The molecule has 2 aromatic rings. The van der Waals surface area contributed by atoms with Crippen molar-refractivity contribution >= 4 is 5.78 Å². The highest BCUT2D eigenvalue weighted by atomic mass is 16.5. The third-order valence-corrected chi connectivity index (χ3v) is 5.86. The van der Waals surface area contributed by atoms with Gasteiger partial charge in [-0.2, -0.15) is 0 Å². The molecule has 0 saturated heterocycles. The Labute approximate surface area is 183 Å². The predicted molar refractivity (Wildman–Crippen MR) is 121 cm³/mol. The number of carbonyl (C=O) groups is 1. The zero-order valence-corrected chi connectivity index (χ0v) is 18.5. The number of rotatable bonds is 7. The molecule has 5 heteroatoms. The molecule has 0 amide bonds. The van der Waals surface area contributed by atoms with Crippen molar-refractivity contribution in [2.75, 3.05) is 14.2 Å². The number of benzene rings is 2. The van der Waals surface area contributed by atoms with Crippen molar-refractivity contribution in [3.8, 4) is 23.0 Å². The summed E-state index contributed by atoms with van der Waals surface area (Å²) in [6, 6.07) is 11.3. The molecule has 1 aliphatic carbocycles. The zero-order chi connectivity index (χ0) is 22.5. The van der Waals surface area contributed by atoms with E-state index < -0.39 is 11.7 Å². The molecule has 1 aliphatic rings. The number of methoxy groups -OCH3 is 2. The zero-order valence-electron chi connectivity index (χ0n) is 18.5. The Morgan fingerprint density at radius 1 is 1.13 bits per heavy atom. The van der Waals surface area contributed by atoms with Crippen LogP contribution < -0.4 is 9.47 Å². The van der Waals surface area contributed by atoms with Crippen molar-refractivity contribution in [3.63, 3.8) is 0 Å². The molecule has 0 aromatic heterocycles. The first-order valence-electron chi connectivity index (χ1n) is 10.4. The molecule has 0 unspecified atom stereocenters. The van der Waals surface area contributed by atoms with Gasteiger partial charge in [0.25, 0.3) is 0 Å². The number of Topliss-reactive ketones (excluding diaryl/α,β-unsaturated/α-hetero) is 1. The van der Waals surface area contributed by atoms with Crippen LogP contribution in [0.5, 0.6) is 23.0 Å². The number of ether oxygens (including phenoxy) is 2. The molecule has 5 nitrogen and oxygen atoms in total. The van der Waals surface area contributed by atoms with Gasteiger partial charge in [0.05, 0.1) is 14.2 Å². The lowest BCUT2D eigenvalue weighted by Gasteiger charge is -2.34. The Hall–Kier alpha value is -3.21. The van der Waals surface area contributed by atoms with E-state index in [1.807, 2.05) is 36.4 Å². The molecule has 0 fully saturated rings. The van der Waals surface area contributed by atoms with Crippen molar-refractivity contribution in [2.45, 2.75) is 32.6 Å². The van der Waals surface area contributed by atoms with Crippen LogP contribution in [0.2, 0.25) is 0 Å². The average Bonchev–Trinajstić information content (AvgIpc) is 2.77. The third-order valence-electron chi connectivity index (χ3n) is 5.86. The first-order chi connectivity index (χ1) is 14.9. The molecule has 2 N–H and O–H groups in total. The van der Waals surface area contributed by atoms with E-state index in [0.717, 1.165) is 12.0 Å². The first kappa shape index (κ1) is 22.5. The number of allylic oxidation sites excluding steroid dienone is 4. The van der Waals surface area contributed by atoms with Crippen molar-refractivity contribution in [2.24, 2.45) is 11.8 Å². The maximum atomic E-state index is 13.7. The van der Waals surface area contributed by atoms with Gasteiger partial charge >= 0.3 is 0 Å². The molecule has 0 spiro atoms. The second-order valence-corrected chi connectivity index (χ2v) is 8.11. The second-order valence-electron chi connectivity index (χ2n) is 8.11.